The van der Waals surface area contributed by atoms with E-state index in [2.05, 4.69) is 5.32 Å². The van der Waals surface area contributed by atoms with Crippen molar-refractivity contribution in [2.45, 2.75) is 32.2 Å². The predicted molar refractivity (Wildman–Crippen MR) is 138 cm³/mol. The van der Waals surface area contributed by atoms with Crippen LogP contribution >= 0.6 is 0 Å². The Labute approximate surface area is 227 Å². The van der Waals surface area contributed by atoms with Gasteiger partial charge in [-0.1, -0.05) is 36.4 Å². The molecule has 0 saturated carbocycles. The second-order valence-electron chi connectivity index (χ2n) is 9.64. The number of fused-ring (bicyclic) bond motifs is 1. The third-order valence-corrected chi connectivity index (χ3v) is 6.91. The molecule has 1 aliphatic heterocycles. The lowest BCUT2D eigenvalue weighted by Crippen LogP contribution is -2.49. The average Bonchev–Trinajstić information content (AvgIpc) is 2.94. The number of rotatable bonds is 9. The van der Waals surface area contributed by atoms with E-state index < -0.39 is 65.8 Å². The van der Waals surface area contributed by atoms with Gasteiger partial charge in [0.05, 0.1) is 6.42 Å². The lowest BCUT2D eigenvalue weighted by Gasteiger charge is -2.32. The zero-order valence-electron chi connectivity index (χ0n) is 21.6. The highest BCUT2D eigenvalue weighted by molar-refractivity contribution is 6.07. The number of likely N-dealkylation sites (tertiary alicyclic amines) is 1. The molecule has 3 aromatic carbocycles. The van der Waals surface area contributed by atoms with Crippen molar-refractivity contribution in [2.24, 2.45) is 5.92 Å². The summed E-state index contributed by atoms with van der Waals surface area (Å²) < 4.78 is 46.7. The topological polar surface area (TPSA) is 113 Å². The Morgan fingerprint density at radius 2 is 1.70 bits per heavy atom. The van der Waals surface area contributed by atoms with Crippen molar-refractivity contribution in [2.75, 3.05) is 19.7 Å². The second kappa shape index (κ2) is 12.2. The van der Waals surface area contributed by atoms with Crippen molar-refractivity contribution < 1.29 is 42.2 Å². The molecule has 1 aliphatic rings. The molecule has 40 heavy (non-hydrogen) atoms. The highest BCUT2D eigenvalue weighted by Crippen LogP contribution is 2.27. The van der Waals surface area contributed by atoms with Crippen LogP contribution in [0.2, 0.25) is 0 Å². The quantitative estimate of drug-likeness (QED) is 0.385. The molecule has 0 radical (unpaired) electrons. The summed E-state index contributed by atoms with van der Waals surface area (Å²) in [5.41, 5.74) is 0.302. The second-order valence-corrected chi connectivity index (χ2v) is 9.64. The minimum Gasteiger partial charge on any atom is -0.481 e. The van der Waals surface area contributed by atoms with Gasteiger partial charge in [-0.15, -0.1) is 0 Å². The molecule has 210 valence electrons. The summed E-state index contributed by atoms with van der Waals surface area (Å²) in [6.07, 6.45) is -0.225. The lowest BCUT2D eigenvalue weighted by molar-refractivity contribution is -0.141. The molecule has 0 unspecified atom stereocenters. The normalized spacial score (nSPS) is 14.6. The van der Waals surface area contributed by atoms with Crippen molar-refractivity contribution in [3.8, 4) is 5.75 Å². The molecule has 3 aromatic rings. The number of hydrogen-bond donors (Lipinski definition) is 2. The SMILES string of the molecule is Cc1cc(F)c(F)c(OCC(=O)[C@H](CC(=O)O)NC(=O)C2CCN(C(=O)c3cccc4ccccc34)CC2)c1F. The third-order valence-electron chi connectivity index (χ3n) is 6.91. The summed E-state index contributed by atoms with van der Waals surface area (Å²) in [6, 6.07) is 12.1. The molecular formula is C29H27F3N2O6. The smallest absolute Gasteiger partial charge is 0.305 e. The maximum Gasteiger partial charge on any atom is 0.305 e. The molecule has 1 atom stereocenters. The molecule has 2 amide bonds. The van der Waals surface area contributed by atoms with Crippen LogP contribution in [0.1, 0.15) is 35.2 Å². The molecule has 8 nitrogen and oxygen atoms in total. The number of carbonyl (C=O) groups excluding carboxylic acids is 3. The van der Waals surface area contributed by atoms with Crippen LogP contribution in [0.4, 0.5) is 13.2 Å². The summed E-state index contributed by atoms with van der Waals surface area (Å²) in [7, 11) is 0. The van der Waals surface area contributed by atoms with Crippen LogP contribution in [0.5, 0.6) is 5.75 Å². The van der Waals surface area contributed by atoms with Gasteiger partial charge in [-0.3, -0.25) is 19.2 Å². The van der Waals surface area contributed by atoms with Gasteiger partial charge in [0.2, 0.25) is 11.7 Å². The molecule has 4 rings (SSSR count). The first-order chi connectivity index (χ1) is 19.1. The number of ether oxygens (including phenoxy) is 1. The Bertz CT molecular complexity index is 1440. The molecule has 1 saturated heterocycles. The van der Waals surface area contributed by atoms with E-state index >= 15 is 0 Å². The van der Waals surface area contributed by atoms with E-state index in [1.807, 2.05) is 30.3 Å². The minimum atomic E-state index is -1.63. The summed E-state index contributed by atoms with van der Waals surface area (Å²) in [5, 5.41) is 13.4. The Morgan fingerprint density at radius 1 is 1.02 bits per heavy atom. The number of hydrogen-bond acceptors (Lipinski definition) is 5. The van der Waals surface area contributed by atoms with Crippen LogP contribution in [-0.4, -0.2) is 59.3 Å². The third kappa shape index (κ3) is 6.24. The Hall–Kier alpha value is -4.41. The van der Waals surface area contributed by atoms with Crippen molar-refractivity contribution in [1.82, 2.24) is 10.2 Å². The van der Waals surface area contributed by atoms with Crippen molar-refractivity contribution in [3.05, 3.63) is 77.1 Å². The van der Waals surface area contributed by atoms with E-state index in [1.54, 1.807) is 17.0 Å². The fourth-order valence-corrected chi connectivity index (χ4v) is 4.71. The van der Waals surface area contributed by atoms with Crippen molar-refractivity contribution in [3.63, 3.8) is 0 Å². The van der Waals surface area contributed by atoms with Gasteiger partial charge in [0.15, 0.2) is 23.2 Å². The molecular weight excluding hydrogens is 529 g/mol. The molecule has 0 aromatic heterocycles. The maximum atomic E-state index is 14.2. The molecule has 0 bridgehead atoms. The number of aliphatic carboxylic acids is 1. The zero-order valence-corrected chi connectivity index (χ0v) is 21.6. The first-order valence-electron chi connectivity index (χ1n) is 12.7. The molecule has 1 fully saturated rings. The fraction of sp³-hybridized carbons (Fsp3) is 0.310. The summed E-state index contributed by atoms with van der Waals surface area (Å²) >= 11 is 0. The highest BCUT2D eigenvalue weighted by Gasteiger charge is 2.32. The number of carboxylic acids is 1. The number of carbonyl (C=O) groups is 4. The van der Waals surface area contributed by atoms with Crippen LogP contribution in [-0.2, 0) is 14.4 Å². The number of nitrogens with zero attached hydrogens (tertiary/aromatic N) is 1. The van der Waals surface area contributed by atoms with E-state index in [0.29, 0.717) is 11.6 Å². The number of Topliss-reactive ketones (excluding diaryl/α,β-unsaturated/α-hetero) is 1. The molecule has 2 N–H and O–H groups in total. The van der Waals surface area contributed by atoms with E-state index in [9.17, 15) is 37.5 Å². The Balaban J connectivity index is 1.37. The van der Waals surface area contributed by atoms with E-state index in [0.717, 1.165) is 10.8 Å². The van der Waals surface area contributed by atoms with Gasteiger partial charge in [-0.05, 0) is 48.2 Å². The molecule has 0 aliphatic carbocycles. The molecule has 1 heterocycles. The van der Waals surface area contributed by atoms with Gasteiger partial charge in [-0.2, -0.15) is 4.39 Å². The van der Waals surface area contributed by atoms with E-state index in [1.165, 1.54) is 6.92 Å². The standard InChI is InChI=1S/C29H27F3N2O6/c1-16-13-21(30)26(32)27(25(16)31)40-15-23(35)22(14-24(36)37)33-28(38)18-9-11-34(12-10-18)29(39)20-8-4-6-17-5-2-3-7-19(17)20/h2-8,13,18,22H,9-12,14-15H2,1H3,(H,33,38)(H,36,37)/t22-/m0/s1. The summed E-state index contributed by atoms with van der Waals surface area (Å²) in [5.74, 6) is -9.00. The van der Waals surface area contributed by atoms with Gasteiger partial charge in [0.1, 0.15) is 12.6 Å². The molecule has 0 spiro atoms. The van der Waals surface area contributed by atoms with Crippen LogP contribution < -0.4 is 10.1 Å². The Morgan fingerprint density at radius 3 is 2.40 bits per heavy atom. The monoisotopic (exact) mass is 556 g/mol. The summed E-state index contributed by atoms with van der Waals surface area (Å²) in [6.45, 7) is 0.740. The number of amides is 2. The number of nitrogens with one attached hydrogen (secondary N) is 1. The van der Waals surface area contributed by atoms with Gasteiger partial charge in [-0.25, -0.2) is 8.78 Å². The predicted octanol–water partition coefficient (Wildman–Crippen LogP) is 4.03. The zero-order chi connectivity index (χ0) is 29.0. The largest absolute Gasteiger partial charge is 0.481 e. The maximum absolute atomic E-state index is 14.2. The van der Waals surface area contributed by atoms with Crippen LogP contribution in [0, 0.1) is 30.3 Å². The highest BCUT2D eigenvalue weighted by atomic mass is 19.2. The van der Waals surface area contributed by atoms with Gasteiger partial charge >= 0.3 is 5.97 Å². The van der Waals surface area contributed by atoms with Crippen LogP contribution in [0.3, 0.4) is 0 Å². The van der Waals surface area contributed by atoms with Crippen molar-refractivity contribution >= 4 is 34.3 Å². The number of carboxylic acid groups (broad SMARTS) is 1. The average molecular weight is 557 g/mol. The molecule has 11 heteroatoms. The first kappa shape index (κ1) is 28.6. The first-order valence-corrected chi connectivity index (χ1v) is 12.7. The number of halogens is 3. The fourth-order valence-electron chi connectivity index (χ4n) is 4.71. The summed E-state index contributed by atoms with van der Waals surface area (Å²) in [4.78, 5) is 51.7. The van der Waals surface area contributed by atoms with E-state index in [4.69, 9.17) is 4.74 Å². The number of benzene rings is 3. The van der Waals surface area contributed by atoms with Gasteiger partial charge < -0.3 is 20.1 Å². The number of piperidine rings is 1. The van der Waals surface area contributed by atoms with Gasteiger partial charge in [0.25, 0.3) is 5.91 Å². The number of ketones is 1. The lowest BCUT2D eigenvalue weighted by atomic mass is 9.94. The minimum absolute atomic E-state index is 0.168. The van der Waals surface area contributed by atoms with Crippen LogP contribution in [0.15, 0.2) is 48.5 Å². The van der Waals surface area contributed by atoms with E-state index in [-0.39, 0.29) is 37.4 Å². The van der Waals surface area contributed by atoms with Crippen LogP contribution in [0.25, 0.3) is 10.8 Å². The van der Waals surface area contributed by atoms with Gasteiger partial charge in [0, 0.05) is 24.6 Å². The van der Waals surface area contributed by atoms with Crippen molar-refractivity contribution in [1.29, 1.82) is 0 Å². The Kier molecular flexibility index (Phi) is 8.71. The number of aryl methyl sites for hydroxylation is 1.